The third-order valence-electron chi connectivity index (χ3n) is 2.17. The van der Waals surface area contributed by atoms with Crippen LogP contribution in [0.5, 0.6) is 0 Å². The van der Waals surface area contributed by atoms with E-state index in [0.29, 0.717) is 13.0 Å². The molecule has 0 bridgehead atoms. The van der Waals surface area contributed by atoms with Crippen molar-refractivity contribution >= 4 is 0 Å². The Morgan fingerprint density at radius 2 is 2.00 bits per heavy atom. The first-order valence-corrected chi connectivity index (χ1v) is 4.05. The normalized spacial score (nSPS) is 42.6. The SMILES string of the molecule is C=CC[C@H]1NC[C@@H](O)[C@H](O)[C@H]1O. The van der Waals surface area contributed by atoms with E-state index in [1.54, 1.807) is 6.08 Å². The van der Waals surface area contributed by atoms with Crippen LogP contribution in [0.2, 0.25) is 0 Å². The van der Waals surface area contributed by atoms with Gasteiger partial charge in [0.15, 0.2) is 0 Å². The summed E-state index contributed by atoms with van der Waals surface area (Å²) in [6, 6.07) is -0.194. The Kier molecular flexibility index (Phi) is 3.22. The number of aliphatic hydroxyl groups is 3. The summed E-state index contributed by atoms with van der Waals surface area (Å²) in [5.41, 5.74) is 0. The van der Waals surface area contributed by atoms with Crippen molar-refractivity contribution in [2.75, 3.05) is 6.54 Å². The molecule has 0 unspecified atom stereocenters. The maximum atomic E-state index is 9.42. The summed E-state index contributed by atoms with van der Waals surface area (Å²) in [4.78, 5) is 0. The number of aliphatic hydroxyl groups excluding tert-OH is 3. The molecule has 4 atom stereocenters. The summed E-state index contributed by atoms with van der Waals surface area (Å²) in [6.07, 6.45) is -0.569. The van der Waals surface area contributed by atoms with Crippen molar-refractivity contribution in [1.29, 1.82) is 0 Å². The van der Waals surface area contributed by atoms with E-state index in [4.69, 9.17) is 5.11 Å². The lowest BCUT2D eigenvalue weighted by Crippen LogP contribution is -2.59. The van der Waals surface area contributed by atoms with Gasteiger partial charge in [0.05, 0.1) is 12.2 Å². The van der Waals surface area contributed by atoms with Crippen molar-refractivity contribution in [2.24, 2.45) is 0 Å². The van der Waals surface area contributed by atoms with Crippen LogP contribution in [0.4, 0.5) is 0 Å². The Bertz CT molecular complexity index is 162. The van der Waals surface area contributed by atoms with Gasteiger partial charge in [0.2, 0.25) is 0 Å². The zero-order valence-electron chi connectivity index (χ0n) is 6.85. The average Bonchev–Trinajstić information content (AvgIpc) is 2.07. The van der Waals surface area contributed by atoms with Gasteiger partial charge in [-0.3, -0.25) is 0 Å². The number of hydrogen-bond acceptors (Lipinski definition) is 4. The highest BCUT2D eigenvalue weighted by Crippen LogP contribution is 2.12. The van der Waals surface area contributed by atoms with Gasteiger partial charge in [0.1, 0.15) is 6.10 Å². The van der Waals surface area contributed by atoms with E-state index in [-0.39, 0.29) is 6.04 Å². The fourth-order valence-corrected chi connectivity index (χ4v) is 1.38. The molecule has 1 aliphatic rings. The van der Waals surface area contributed by atoms with Crippen molar-refractivity contribution in [3.8, 4) is 0 Å². The van der Waals surface area contributed by atoms with Gasteiger partial charge in [-0.15, -0.1) is 6.58 Å². The molecule has 4 heteroatoms. The first kappa shape index (κ1) is 9.67. The molecule has 0 aliphatic carbocycles. The smallest absolute Gasteiger partial charge is 0.108 e. The van der Waals surface area contributed by atoms with Crippen LogP contribution in [-0.2, 0) is 0 Å². The second kappa shape index (κ2) is 4.00. The van der Waals surface area contributed by atoms with E-state index in [2.05, 4.69) is 11.9 Å². The van der Waals surface area contributed by atoms with Crippen LogP contribution in [0.1, 0.15) is 6.42 Å². The minimum atomic E-state index is -1.05. The van der Waals surface area contributed by atoms with Crippen LogP contribution in [0.15, 0.2) is 12.7 Å². The Morgan fingerprint density at radius 1 is 1.33 bits per heavy atom. The van der Waals surface area contributed by atoms with Crippen molar-refractivity contribution < 1.29 is 15.3 Å². The molecule has 0 aromatic heterocycles. The van der Waals surface area contributed by atoms with Gasteiger partial charge in [-0.25, -0.2) is 0 Å². The van der Waals surface area contributed by atoms with Gasteiger partial charge in [0, 0.05) is 12.6 Å². The lowest BCUT2D eigenvalue weighted by atomic mass is 9.94. The summed E-state index contributed by atoms with van der Waals surface area (Å²) in [5.74, 6) is 0. The number of hydrogen-bond donors (Lipinski definition) is 4. The van der Waals surface area contributed by atoms with Crippen LogP contribution in [0.25, 0.3) is 0 Å². The zero-order valence-corrected chi connectivity index (χ0v) is 6.85. The third-order valence-corrected chi connectivity index (χ3v) is 2.17. The van der Waals surface area contributed by atoms with Crippen LogP contribution < -0.4 is 5.32 Å². The van der Waals surface area contributed by atoms with Gasteiger partial charge in [0.25, 0.3) is 0 Å². The molecule has 4 nitrogen and oxygen atoms in total. The van der Waals surface area contributed by atoms with Crippen molar-refractivity contribution in [3.05, 3.63) is 12.7 Å². The number of β-amino-alcohol motifs (C(OH)–C–C–N with tert-alkyl or cyclic N) is 1. The van der Waals surface area contributed by atoms with Gasteiger partial charge in [-0.2, -0.15) is 0 Å². The molecule has 0 aromatic carbocycles. The summed E-state index contributed by atoms with van der Waals surface area (Å²) >= 11 is 0. The van der Waals surface area contributed by atoms with E-state index >= 15 is 0 Å². The van der Waals surface area contributed by atoms with Crippen LogP contribution in [0.3, 0.4) is 0 Å². The molecule has 1 rings (SSSR count). The molecule has 4 N–H and O–H groups in total. The van der Waals surface area contributed by atoms with E-state index in [1.807, 2.05) is 0 Å². The predicted molar refractivity (Wildman–Crippen MR) is 44.6 cm³/mol. The average molecular weight is 173 g/mol. The largest absolute Gasteiger partial charge is 0.389 e. The topological polar surface area (TPSA) is 72.7 Å². The molecule has 70 valence electrons. The minimum absolute atomic E-state index is 0.194. The lowest BCUT2D eigenvalue weighted by Gasteiger charge is -2.35. The quantitative estimate of drug-likeness (QED) is 0.388. The van der Waals surface area contributed by atoms with Crippen molar-refractivity contribution in [3.63, 3.8) is 0 Å². The third kappa shape index (κ3) is 1.84. The van der Waals surface area contributed by atoms with E-state index < -0.39 is 18.3 Å². The number of rotatable bonds is 2. The highest BCUT2D eigenvalue weighted by atomic mass is 16.4. The number of nitrogens with one attached hydrogen (secondary N) is 1. The van der Waals surface area contributed by atoms with E-state index in [9.17, 15) is 10.2 Å². The summed E-state index contributed by atoms with van der Waals surface area (Å²) in [6.45, 7) is 3.85. The molecule has 0 aromatic rings. The molecular weight excluding hydrogens is 158 g/mol. The second-order valence-electron chi connectivity index (χ2n) is 3.09. The molecule has 0 saturated carbocycles. The lowest BCUT2D eigenvalue weighted by molar-refractivity contribution is -0.0933. The molecule has 1 aliphatic heterocycles. The zero-order chi connectivity index (χ0) is 9.14. The fraction of sp³-hybridized carbons (Fsp3) is 0.750. The monoisotopic (exact) mass is 173 g/mol. The maximum Gasteiger partial charge on any atom is 0.108 e. The second-order valence-corrected chi connectivity index (χ2v) is 3.09. The van der Waals surface area contributed by atoms with E-state index in [1.165, 1.54) is 0 Å². The molecule has 1 fully saturated rings. The van der Waals surface area contributed by atoms with Crippen molar-refractivity contribution in [2.45, 2.75) is 30.8 Å². The van der Waals surface area contributed by atoms with Crippen LogP contribution >= 0.6 is 0 Å². The molecule has 1 heterocycles. The highest BCUT2D eigenvalue weighted by molar-refractivity contribution is 4.94. The summed E-state index contributed by atoms with van der Waals surface area (Å²) in [7, 11) is 0. The maximum absolute atomic E-state index is 9.42. The Morgan fingerprint density at radius 3 is 2.58 bits per heavy atom. The van der Waals surface area contributed by atoms with Gasteiger partial charge in [-0.1, -0.05) is 6.08 Å². The highest BCUT2D eigenvalue weighted by Gasteiger charge is 2.35. The van der Waals surface area contributed by atoms with Crippen molar-refractivity contribution in [1.82, 2.24) is 5.32 Å². The van der Waals surface area contributed by atoms with Gasteiger partial charge >= 0.3 is 0 Å². The molecule has 0 radical (unpaired) electrons. The Labute approximate surface area is 71.5 Å². The standard InChI is InChI=1S/C8H15NO3/c1-2-3-5-7(11)8(12)6(10)4-9-5/h2,5-12H,1,3-4H2/t5-,6-,7+,8+/m1/s1. The molecule has 0 amide bonds. The first-order valence-electron chi connectivity index (χ1n) is 4.05. The molecular formula is C8H15NO3. The summed E-state index contributed by atoms with van der Waals surface area (Å²) in [5, 5.41) is 30.7. The van der Waals surface area contributed by atoms with Gasteiger partial charge < -0.3 is 20.6 Å². The minimum Gasteiger partial charge on any atom is -0.389 e. The number of piperidine rings is 1. The molecule has 1 saturated heterocycles. The Balaban J connectivity index is 2.52. The Hall–Kier alpha value is -0.420. The summed E-state index contributed by atoms with van der Waals surface area (Å²) < 4.78 is 0. The predicted octanol–water partition coefficient (Wildman–Crippen LogP) is -1.38. The molecule has 12 heavy (non-hydrogen) atoms. The van der Waals surface area contributed by atoms with Crippen LogP contribution in [0, 0.1) is 0 Å². The molecule has 0 spiro atoms. The van der Waals surface area contributed by atoms with Gasteiger partial charge in [-0.05, 0) is 6.42 Å². The van der Waals surface area contributed by atoms with Crippen LogP contribution in [-0.4, -0.2) is 46.2 Å². The first-order chi connectivity index (χ1) is 5.66. The fourth-order valence-electron chi connectivity index (χ4n) is 1.38. The van der Waals surface area contributed by atoms with E-state index in [0.717, 1.165) is 0 Å².